The van der Waals surface area contributed by atoms with Crippen LogP contribution in [0.15, 0.2) is 65.2 Å². The minimum atomic E-state index is -3.71. The molecule has 4 nitrogen and oxygen atoms in total. The molecule has 0 N–H and O–H groups in total. The fourth-order valence-electron chi connectivity index (χ4n) is 3.00. The Bertz CT molecular complexity index is 926. The number of ketones is 1. The first-order valence-electron chi connectivity index (χ1n) is 8.18. The molecule has 0 aromatic heterocycles. The largest absolute Gasteiger partial charge is 0.295 e. The van der Waals surface area contributed by atoms with Gasteiger partial charge in [-0.2, -0.15) is 0 Å². The number of nitrogens with zero attached hydrogens (tertiary/aromatic N) is 1. The van der Waals surface area contributed by atoms with Crippen LogP contribution in [0, 0.1) is 13.8 Å². The summed E-state index contributed by atoms with van der Waals surface area (Å²) in [6.45, 7) is 5.34. The molecule has 0 aliphatic carbocycles. The molecular formula is C20H21NO3S. The molecule has 2 aromatic rings. The van der Waals surface area contributed by atoms with Gasteiger partial charge in [0.25, 0.3) is 10.0 Å². The van der Waals surface area contributed by atoms with Crippen molar-refractivity contribution in [1.29, 1.82) is 0 Å². The standard InChI is InChI=1S/C20H21NO3S/c1-14-4-8-17(9-5-14)20-13-18(12-16(3)22)21(20)25(23,24)19-10-6-15(2)7-11-19/h4-12,20H,13H2,1-3H3/b18-12+. The van der Waals surface area contributed by atoms with Crippen molar-refractivity contribution in [3.05, 3.63) is 77.0 Å². The highest BCUT2D eigenvalue weighted by Gasteiger charge is 2.42. The third-order valence-corrected chi connectivity index (χ3v) is 6.25. The number of carbonyl (C=O) groups excluding carboxylic acids is 1. The van der Waals surface area contributed by atoms with Gasteiger partial charge in [0.2, 0.25) is 0 Å². The van der Waals surface area contributed by atoms with E-state index in [1.807, 2.05) is 38.1 Å². The minimum absolute atomic E-state index is 0.151. The number of sulfonamides is 1. The quantitative estimate of drug-likeness (QED) is 0.781. The van der Waals surface area contributed by atoms with Crippen molar-refractivity contribution in [1.82, 2.24) is 4.31 Å². The highest BCUT2D eigenvalue weighted by atomic mass is 32.2. The van der Waals surface area contributed by atoms with Crippen LogP contribution >= 0.6 is 0 Å². The van der Waals surface area contributed by atoms with E-state index in [0.717, 1.165) is 16.7 Å². The Morgan fingerprint density at radius 3 is 2.04 bits per heavy atom. The van der Waals surface area contributed by atoms with Gasteiger partial charge < -0.3 is 0 Å². The summed E-state index contributed by atoms with van der Waals surface area (Å²) in [6.07, 6.45) is 1.95. The van der Waals surface area contributed by atoms with Gasteiger partial charge in [-0.05, 0) is 38.5 Å². The van der Waals surface area contributed by atoms with Crippen LogP contribution in [-0.4, -0.2) is 18.5 Å². The number of allylic oxidation sites excluding steroid dienone is 1. The first kappa shape index (κ1) is 17.4. The lowest BCUT2D eigenvalue weighted by molar-refractivity contribution is -0.112. The predicted molar refractivity (Wildman–Crippen MR) is 97.5 cm³/mol. The maximum Gasteiger partial charge on any atom is 0.264 e. The summed E-state index contributed by atoms with van der Waals surface area (Å²) in [6, 6.07) is 14.3. The second kappa shape index (κ2) is 6.48. The highest BCUT2D eigenvalue weighted by Crippen LogP contribution is 2.45. The van der Waals surface area contributed by atoms with E-state index in [1.54, 1.807) is 24.3 Å². The molecule has 130 valence electrons. The number of benzene rings is 2. The molecule has 0 bridgehead atoms. The van der Waals surface area contributed by atoms with Crippen molar-refractivity contribution in [3.8, 4) is 0 Å². The molecule has 1 aliphatic rings. The van der Waals surface area contributed by atoms with E-state index in [2.05, 4.69) is 0 Å². The molecule has 0 radical (unpaired) electrons. The van der Waals surface area contributed by atoms with Crippen LogP contribution in [0.3, 0.4) is 0 Å². The number of rotatable bonds is 4. The Balaban J connectivity index is 2.03. The monoisotopic (exact) mass is 355 g/mol. The zero-order chi connectivity index (χ0) is 18.2. The smallest absolute Gasteiger partial charge is 0.264 e. The number of aryl methyl sites for hydroxylation is 2. The van der Waals surface area contributed by atoms with E-state index in [0.29, 0.717) is 12.1 Å². The Kier molecular flexibility index (Phi) is 4.52. The zero-order valence-corrected chi connectivity index (χ0v) is 15.4. The molecule has 25 heavy (non-hydrogen) atoms. The maximum absolute atomic E-state index is 13.1. The maximum atomic E-state index is 13.1. The molecule has 0 amide bonds. The second-order valence-corrected chi connectivity index (χ2v) is 8.31. The van der Waals surface area contributed by atoms with E-state index in [9.17, 15) is 13.2 Å². The SMILES string of the molecule is CC(=O)/C=C1\CC(c2ccc(C)cc2)N1S(=O)(=O)c1ccc(C)cc1. The van der Waals surface area contributed by atoms with E-state index in [1.165, 1.54) is 17.3 Å². The molecule has 1 saturated heterocycles. The van der Waals surface area contributed by atoms with Crippen molar-refractivity contribution < 1.29 is 13.2 Å². The normalized spacial score (nSPS) is 18.9. The van der Waals surface area contributed by atoms with Gasteiger partial charge in [-0.15, -0.1) is 0 Å². The lowest BCUT2D eigenvalue weighted by Crippen LogP contribution is -2.43. The first-order chi connectivity index (χ1) is 11.8. The van der Waals surface area contributed by atoms with Gasteiger partial charge in [-0.1, -0.05) is 47.5 Å². The molecule has 1 aliphatic heterocycles. The average molecular weight is 355 g/mol. The third kappa shape index (κ3) is 3.37. The third-order valence-electron chi connectivity index (χ3n) is 4.38. The Labute approximate surface area is 148 Å². The van der Waals surface area contributed by atoms with Crippen LogP contribution in [0.5, 0.6) is 0 Å². The van der Waals surface area contributed by atoms with Gasteiger partial charge >= 0.3 is 0 Å². The predicted octanol–water partition coefficient (Wildman–Crippen LogP) is 3.91. The lowest BCUT2D eigenvalue weighted by Gasteiger charge is -2.44. The molecule has 2 aromatic carbocycles. The van der Waals surface area contributed by atoms with Crippen molar-refractivity contribution in [2.24, 2.45) is 0 Å². The Morgan fingerprint density at radius 2 is 1.52 bits per heavy atom. The van der Waals surface area contributed by atoms with Gasteiger partial charge in [0, 0.05) is 18.2 Å². The van der Waals surface area contributed by atoms with Crippen molar-refractivity contribution in [3.63, 3.8) is 0 Å². The summed E-state index contributed by atoms with van der Waals surface area (Å²) < 4.78 is 27.7. The summed E-state index contributed by atoms with van der Waals surface area (Å²) >= 11 is 0. The van der Waals surface area contributed by atoms with Crippen molar-refractivity contribution in [2.75, 3.05) is 0 Å². The molecule has 1 fully saturated rings. The Hall–Kier alpha value is -2.40. The first-order valence-corrected chi connectivity index (χ1v) is 9.62. The molecular weight excluding hydrogens is 334 g/mol. The number of carbonyl (C=O) groups is 1. The van der Waals surface area contributed by atoms with Gasteiger partial charge in [0.1, 0.15) is 0 Å². The fraction of sp³-hybridized carbons (Fsp3) is 0.250. The molecule has 1 atom stereocenters. The van der Waals surface area contributed by atoms with E-state index < -0.39 is 10.0 Å². The minimum Gasteiger partial charge on any atom is -0.295 e. The highest BCUT2D eigenvalue weighted by molar-refractivity contribution is 7.89. The summed E-state index contributed by atoms with van der Waals surface area (Å²) in [5.74, 6) is -0.151. The van der Waals surface area contributed by atoms with Crippen molar-refractivity contribution >= 4 is 15.8 Å². The van der Waals surface area contributed by atoms with Crippen LogP contribution in [0.1, 0.15) is 36.1 Å². The summed E-state index contributed by atoms with van der Waals surface area (Å²) in [5.41, 5.74) is 3.59. The molecule has 1 heterocycles. The number of hydrogen-bond acceptors (Lipinski definition) is 3. The molecule has 5 heteroatoms. The van der Waals surface area contributed by atoms with Crippen molar-refractivity contribution in [2.45, 2.75) is 38.1 Å². The molecule has 3 rings (SSSR count). The Morgan fingerprint density at radius 1 is 1.00 bits per heavy atom. The van der Waals surface area contributed by atoms with Gasteiger partial charge in [-0.25, -0.2) is 8.42 Å². The molecule has 1 unspecified atom stereocenters. The van der Waals surface area contributed by atoms with E-state index in [4.69, 9.17) is 0 Å². The van der Waals surface area contributed by atoms with E-state index in [-0.39, 0.29) is 16.7 Å². The van der Waals surface area contributed by atoms with Crippen LogP contribution in [0.2, 0.25) is 0 Å². The topological polar surface area (TPSA) is 54.5 Å². The summed E-state index contributed by atoms with van der Waals surface area (Å²) in [7, 11) is -3.71. The van der Waals surface area contributed by atoms with Crippen LogP contribution < -0.4 is 0 Å². The van der Waals surface area contributed by atoms with Gasteiger partial charge in [0.05, 0.1) is 10.9 Å². The summed E-state index contributed by atoms with van der Waals surface area (Å²) in [5, 5.41) is 0. The molecule has 0 saturated carbocycles. The van der Waals surface area contributed by atoms with Gasteiger partial charge in [-0.3, -0.25) is 9.10 Å². The zero-order valence-electron chi connectivity index (χ0n) is 14.6. The fourth-order valence-corrected chi connectivity index (χ4v) is 4.68. The van der Waals surface area contributed by atoms with Gasteiger partial charge in [0.15, 0.2) is 5.78 Å². The molecule has 0 spiro atoms. The second-order valence-electron chi connectivity index (χ2n) is 6.49. The lowest BCUT2D eigenvalue weighted by atomic mass is 9.93. The van der Waals surface area contributed by atoms with Crippen LogP contribution in [0.25, 0.3) is 0 Å². The average Bonchev–Trinajstić information content (AvgIpc) is 2.52. The van der Waals surface area contributed by atoms with E-state index >= 15 is 0 Å². The van der Waals surface area contributed by atoms with Crippen LogP contribution in [-0.2, 0) is 14.8 Å². The number of hydrogen-bond donors (Lipinski definition) is 0. The summed E-state index contributed by atoms with van der Waals surface area (Å²) in [4.78, 5) is 11.7. The van der Waals surface area contributed by atoms with Crippen LogP contribution in [0.4, 0.5) is 0 Å².